The molecule has 0 bridgehead atoms. The molecule has 1 aliphatic heterocycles. The molecule has 2 heterocycles. The molecular weight excluding hydrogens is 480 g/mol. The smallest absolute Gasteiger partial charge is 0.339 e. The minimum Gasteiger partial charge on any atom is -0.452 e. The summed E-state index contributed by atoms with van der Waals surface area (Å²) in [7, 11) is 0. The third-order valence-corrected chi connectivity index (χ3v) is 8.43. The molecule has 6 rings (SSSR count). The summed E-state index contributed by atoms with van der Waals surface area (Å²) < 4.78 is 5.54. The second-order valence-corrected chi connectivity index (χ2v) is 10.9. The topological polar surface area (TPSA) is 59.0 Å². The normalized spacial score (nSPS) is 18.9. The summed E-state index contributed by atoms with van der Waals surface area (Å²) in [6.45, 7) is 1.91. The van der Waals surface area contributed by atoms with Crippen LogP contribution in [0, 0.1) is 5.92 Å². The molecule has 6 heteroatoms. The van der Waals surface area contributed by atoms with Gasteiger partial charge in [-0.3, -0.25) is 4.79 Å². The molecule has 1 aromatic heterocycles. The number of fused-ring (bicyclic) bond motifs is 2. The van der Waals surface area contributed by atoms with Gasteiger partial charge in [0, 0.05) is 16.7 Å². The predicted molar refractivity (Wildman–Crippen MR) is 147 cm³/mol. The summed E-state index contributed by atoms with van der Waals surface area (Å²) in [5.41, 5.74) is 4.55. The molecule has 1 amide bonds. The van der Waals surface area contributed by atoms with E-state index in [2.05, 4.69) is 37.3 Å². The lowest BCUT2D eigenvalue weighted by atomic mass is 9.88. The van der Waals surface area contributed by atoms with E-state index in [0.29, 0.717) is 17.9 Å². The van der Waals surface area contributed by atoms with Gasteiger partial charge in [-0.15, -0.1) is 11.3 Å². The van der Waals surface area contributed by atoms with Crippen LogP contribution >= 0.6 is 11.3 Å². The Kier molecular flexibility index (Phi) is 6.35. The van der Waals surface area contributed by atoms with Crippen molar-refractivity contribution in [3.05, 3.63) is 105 Å². The summed E-state index contributed by atoms with van der Waals surface area (Å²) in [6.07, 6.45) is 3.56. The highest BCUT2D eigenvalue weighted by molar-refractivity contribution is 7.10. The number of carbonyl (C=O) groups is 2. The van der Waals surface area contributed by atoms with E-state index in [1.165, 1.54) is 9.89 Å². The van der Waals surface area contributed by atoms with Crippen LogP contribution in [0.4, 0.5) is 0 Å². The Morgan fingerprint density at radius 1 is 1.00 bits per heavy atom. The molecule has 0 saturated carbocycles. The van der Waals surface area contributed by atoms with Crippen LogP contribution in [-0.4, -0.2) is 29.2 Å². The van der Waals surface area contributed by atoms with Crippen molar-refractivity contribution in [2.45, 2.75) is 38.6 Å². The minimum atomic E-state index is -0.422. The summed E-state index contributed by atoms with van der Waals surface area (Å²) in [5, 5.41) is 10.4. The molecule has 0 saturated heterocycles. The molecule has 0 fully saturated rings. The number of amides is 1. The Balaban J connectivity index is 1.23. The number of nitrogens with zero attached hydrogens (tertiary/aromatic N) is 2. The van der Waals surface area contributed by atoms with Gasteiger partial charge in [0.15, 0.2) is 6.61 Å². The highest BCUT2D eigenvalue weighted by atomic mass is 32.1. The van der Waals surface area contributed by atoms with E-state index in [1.807, 2.05) is 47.8 Å². The number of esters is 1. The van der Waals surface area contributed by atoms with Gasteiger partial charge in [0.2, 0.25) is 0 Å². The van der Waals surface area contributed by atoms with Crippen molar-refractivity contribution in [2.75, 3.05) is 6.61 Å². The van der Waals surface area contributed by atoms with Crippen molar-refractivity contribution in [3.8, 4) is 0 Å². The van der Waals surface area contributed by atoms with Gasteiger partial charge < -0.3 is 4.74 Å². The number of ether oxygens (including phenoxy) is 1. The Hall–Kier alpha value is -3.77. The fourth-order valence-electron chi connectivity index (χ4n) is 5.34. The molecule has 3 aromatic carbocycles. The average Bonchev–Trinajstić information content (AvgIpc) is 3.57. The van der Waals surface area contributed by atoms with E-state index in [9.17, 15) is 9.59 Å². The number of thiophene rings is 1. The van der Waals surface area contributed by atoms with Crippen LogP contribution in [0.1, 0.15) is 57.7 Å². The number of hydrogen-bond acceptors (Lipinski definition) is 5. The number of hydrogen-bond donors (Lipinski definition) is 0. The van der Waals surface area contributed by atoms with E-state index in [-0.39, 0.29) is 18.6 Å². The van der Waals surface area contributed by atoms with Crippen molar-refractivity contribution < 1.29 is 14.3 Å². The lowest BCUT2D eigenvalue weighted by Crippen LogP contribution is -2.31. The van der Waals surface area contributed by atoms with Crippen molar-refractivity contribution >= 4 is 39.7 Å². The molecule has 0 radical (unpaired) electrons. The summed E-state index contributed by atoms with van der Waals surface area (Å²) >= 11 is 1.62. The molecule has 186 valence electrons. The lowest BCUT2D eigenvalue weighted by molar-refractivity contribution is -0.136. The molecule has 0 unspecified atom stereocenters. The predicted octanol–water partition coefficient (Wildman–Crippen LogP) is 6.56. The summed E-state index contributed by atoms with van der Waals surface area (Å²) in [5.74, 6) is -0.110. The highest BCUT2D eigenvalue weighted by Gasteiger charge is 2.34. The monoisotopic (exact) mass is 508 g/mol. The summed E-state index contributed by atoms with van der Waals surface area (Å²) in [6, 6.07) is 24.1. The van der Waals surface area contributed by atoms with Crippen LogP contribution in [0.3, 0.4) is 0 Å². The zero-order valence-electron chi connectivity index (χ0n) is 20.7. The third kappa shape index (κ3) is 4.69. The SMILES string of the molecule is C[C@@H]1CCc2c(C(=O)OCC(=O)N3N=C(c4ccc5ccccc5c4)C[C@@H]3c3ccccc3)csc2C1. The van der Waals surface area contributed by atoms with E-state index in [1.54, 1.807) is 11.3 Å². The quantitative estimate of drug-likeness (QED) is 0.287. The molecule has 0 spiro atoms. The maximum absolute atomic E-state index is 13.4. The Morgan fingerprint density at radius 2 is 1.78 bits per heavy atom. The Morgan fingerprint density at radius 3 is 2.62 bits per heavy atom. The first-order valence-electron chi connectivity index (χ1n) is 12.8. The number of carbonyl (C=O) groups excluding carboxylic acids is 2. The van der Waals surface area contributed by atoms with Gasteiger partial charge in [-0.25, -0.2) is 9.80 Å². The number of hydrazone groups is 1. The maximum atomic E-state index is 13.4. The Labute approximate surface area is 220 Å². The van der Waals surface area contributed by atoms with Crippen molar-refractivity contribution in [3.63, 3.8) is 0 Å². The first-order chi connectivity index (χ1) is 18.1. The van der Waals surface area contributed by atoms with Crippen molar-refractivity contribution in [2.24, 2.45) is 11.0 Å². The van der Waals surface area contributed by atoms with Gasteiger partial charge in [0.25, 0.3) is 5.91 Å². The number of benzene rings is 3. The molecule has 5 nitrogen and oxygen atoms in total. The van der Waals surface area contributed by atoms with Gasteiger partial charge in [0.05, 0.1) is 17.3 Å². The van der Waals surface area contributed by atoms with Gasteiger partial charge in [-0.05, 0) is 58.7 Å². The standard InChI is InChI=1S/C31H28N2O3S/c1-20-11-14-25-26(19-37-29(25)15-20)31(35)36-18-30(34)33-28(22-8-3-2-4-9-22)17-27(32-33)24-13-12-21-7-5-6-10-23(21)16-24/h2-10,12-13,16,19-20,28H,11,14-15,17-18H2,1H3/t20-,28-/m1/s1. The zero-order valence-corrected chi connectivity index (χ0v) is 21.5. The van der Waals surface area contributed by atoms with Crippen LogP contribution in [0.2, 0.25) is 0 Å². The van der Waals surface area contributed by atoms with E-state index >= 15 is 0 Å². The number of rotatable bonds is 5. The van der Waals surface area contributed by atoms with Gasteiger partial charge >= 0.3 is 5.97 Å². The fraction of sp³-hybridized carbons (Fsp3) is 0.258. The van der Waals surface area contributed by atoms with Crippen LogP contribution in [-0.2, 0) is 22.4 Å². The van der Waals surface area contributed by atoms with Crippen LogP contribution < -0.4 is 0 Å². The van der Waals surface area contributed by atoms with Crippen molar-refractivity contribution in [1.82, 2.24) is 5.01 Å². The maximum Gasteiger partial charge on any atom is 0.339 e. The third-order valence-electron chi connectivity index (χ3n) is 7.38. The van der Waals surface area contributed by atoms with Crippen molar-refractivity contribution in [1.29, 1.82) is 0 Å². The second-order valence-electron chi connectivity index (χ2n) is 9.95. The molecule has 2 aliphatic rings. The Bertz CT molecular complexity index is 1510. The zero-order chi connectivity index (χ0) is 25.4. The van der Waals surface area contributed by atoms with Gasteiger partial charge in [0.1, 0.15) is 0 Å². The molecule has 2 atom stereocenters. The molecule has 37 heavy (non-hydrogen) atoms. The van der Waals surface area contributed by atoms with Gasteiger partial charge in [-0.1, -0.05) is 73.7 Å². The first-order valence-corrected chi connectivity index (χ1v) is 13.6. The van der Waals surface area contributed by atoms with Crippen LogP contribution in [0.25, 0.3) is 10.8 Å². The fourth-order valence-corrected chi connectivity index (χ4v) is 6.57. The summed E-state index contributed by atoms with van der Waals surface area (Å²) in [4.78, 5) is 27.6. The largest absolute Gasteiger partial charge is 0.452 e. The molecule has 0 N–H and O–H groups in total. The van der Waals surface area contributed by atoms with Crippen LogP contribution in [0.15, 0.2) is 83.3 Å². The minimum absolute atomic E-state index is 0.246. The molecular formula is C31H28N2O3S. The lowest BCUT2D eigenvalue weighted by Gasteiger charge is -2.22. The average molecular weight is 509 g/mol. The van der Waals surface area contributed by atoms with Crippen LogP contribution in [0.5, 0.6) is 0 Å². The van der Waals surface area contributed by atoms with E-state index < -0.39 is 5.97 Å². The first kappa shape index (κ1) is 23.6. The van der Waals surface area contributed by atoms with Gasteiger partial charge in [-0.2, -0.15) is 5.10 Å². The second kappa shape index (κ2) is 9.94. The highest BCUT2D eigenvalue weighted by Crippen LogP contribution is 2.35. The van der Waals surface area contributed by atoms with E-state index in [4.69, 9.17) is 9.84 Å². The molecule has 1 aliphatic carbocycles. The molecule has 4 aromatic rings. The van der Waals surface area contributed by atoms with E-state index in [0.717, 1.165) is 52.4 Å².